The van der Waals surface area contributed by atoms with Crippen molar-refractivity contribution < 1.29 is 14.0 Å². The molecule has 22 heavy (non-hydrogen) atoms. The van der Waals surface area contributed by atoms with Gasteiger partial charge in [0.2, 0.25) is 0 Å². The van der Waals surface area contributed by atoms with Crippen LogP contribution in [-0.4, -0.2) is 16.4 Å². The second kappa shape index (κ2) is 4.08. The number of nitrogens with two attached hydrogens (primary N) is 1. The van der Waals surface area contributed by atoms with Gasteiger partial charge in [0.1, 0.15) is 5.82 Å². The largest absolute Gasteiger partial charge is 0.462 e. The van der Waals surface area contributed by atoms with Gasteiger partial charge in [-0.25, -0.2) is 0 Å². The number of amides is 2. The molecule has 4 rings (SSSR count). The first-order valence-corrected chi connectivity index (χ1v) is 6.46. The number of para-hydroxylation sites is 1. The monoisotopic (exact) mass is 295 g/mol. The zero-order valence-electron chi connectivity index (χ0n) is 11.1. The van der Waals surface area contributed by atoms with Crippen LogP contribution in [-0.2, 0) is 0 Å². The molecule has 0 atom stereocenters. The van der Waals surface area contributed by atoms with Crippen molar-refractivity contribution in [3.8, 4) is 5.69 Å². The highest BCUT2D eigenvalue weighted by molar-refractivity contribution is 6.23. The van der Waals surface area contributed by atoms with Crippen LogP contribution < -0.4 is 16.6 Å². The molecule has 3 heterocycles. The summed E-state index contributed by atoms with van der Waals surface area (Å²) < 4.78 is 6.57. The number of rotatable bonds is 1. The minimum Gasteiger partial charge on any atom is -0.462 e. The van der Waals surface area contributed by atoms with Crippen molar-refractivity contribution in [1.82, 2.24) is 9.88 Å². The van der Waals surface area contributed by atoms with Crippen LogP contribution in [0.25, 0.3) is 16.7 Å². The summed E-state index contributed by atoms with van der Waals surface area (Å²) in [7, 11) is 0. The zero-order valence-corrected chi connectivity index (χ0v) is 11.1. The average molecular weight is 295 g/mol. The van der Waals surface area contributed by atoms with Crippen molar-refractivity contribution in [3.63, 3.8) is 0 Å². The highest BCUT2D eigenvalue weighted by atomic mass is 16.3. The van der Waals surface area contributed by atoms with Crippen molar-refractivity contribution in [1.29, 1.82) is 0 Å². The van der Waals surface area contributed by atoms with E-state index in [4.69, 9.17) is 10.2 Å². The van der Waals surface area contributed by atoms with Crippen molar-refractivity contribution >= 4 is 28.6 Å². The van der Waals surface area contributed by atoms with Gasteiger partial charge in [0.05, 0.1) is 23.1 Å². The van der Waals surface area contributed by atoms with Crippen LogP contribution >= 0.6 is 0 Å². The topological polar surface area (TPSA) is 107 Å². The number of nitrogens with one attached hydrogen (secondary N) is 1. The highest BCUT2D eigenvalue weighted by Crippen LogP contribution is 2.27. The minimum atomic E-state index is -0.618. The van der Waals surface area contributed by atoms with Gasteiger partial charge in [-0.05, 0) is 12.1 Å². The molecule has 0 fully saturated rings. The van der Waals surface area contributed by atoms with Crippen LogP contribution in [0.1, 0.15) is 20.7 Å². The molecule has 0 bridgehead atoms. The van der Waals surface area contributed by atoms with E-state index in [0.29, 0.717) is 11.3 Å². The number of hydrogen-bond donors (Lipinski definition) is 2. The Morgan fingerprint density at radius 3 is 2.73 bits per heavy atom. The second-order valence-corrected chi connectivity index (χ2v) is 4.89. The maximum Gasteiger partial charge on any atom is 0.262 e. The number of fused-ring (bicyclic) bond motifs is 2. The summed E-state index contributed by atoms with van der Waals surface area (Å²) in [4.78, 5) is 35.9. The molecule has 2 amide bonds. The third-order valence-corrected chi connectivity index (χ3v) is 3.65. The summed E-state index contributed by atoms with van der Waals surface area (Å²) in [6.07, 6.45) is 1.50. The summed E-state index contributed by atoms with van der Waals surface area (Å²) in [6.45, 7) is 0. The van der Waals surface area contributed by atoms with E-state index in [1.54, 1.807) is 18.2 Å². The zero-order chi connectivity index (χ0) is 15.4. The highest BCUT2D eigenvalue weighted by Gasteiger charge is 2.32. The molecule has 0 unspecified atom stereocenters. The van der Waals surface area contributed by atoms with Crippen LogP contribution in [0.2, 0.25) is 0 Å². The molecule has 0 spiro atoms. The van der Waals surface area contributed by atoms with Gasteiger partial charge >= 0.3 is 0 Å². The standard InChI is InChI=1S/C15H9N3O4/c16-13-11-8(14(20)17-15(11)21)6-10(19)18(13)9-3-1-2-7-4-5-22-12(7)9/h1-6H,16H2,(H,17,20,21). The van der Waals surface area contributed by atoms with E-state index in [1.165, 1.54) is 10.8 Å². The second-order valence-electron chi connectivity index (χ2n) is 4.89. The number of furan rings is 1. The third kappa shape index (κ3) is 1.47. The Labute approximate surface area is 122 Å². The number of carbonyl (C=O) groups is 2. The number of aromatic nitrogens is 1. The van der Waals surface area contributed by atoms with E-state index < -0.39 is 17.4 Å². The fourth-order valence-corrected chi connectivity index (χ4v) is 2.68. The average Bonchev–Trinajstić information content (AvgIpc) is 3.05. The molecule has 0 saturated heterocycles. The van der Waals surface area contributed by atoms with Gasteiger partial charge in [0, 0.05) is 11.5 Å². The summed E-state index contributed by atoms with van der Waals surface area (Å²) >= 11 is 0. The van der Waals surface area contributed by atoms with Gasteiger partial charge in [-0.3, -0.25) is 24.3 Å². The molecule has 7 heteroatoms. The number of benzene rings is 1. The fraction of sp³-hybridized carbons (Fsp3) is 0. The molecule has 3 aromatic rings. The molecule has 1 aromatic carbocycles. The molecule has 1 aliphatic rings. The van der Waals surface area contributed by atoms with E-state index in [9.17, 15) is 14.4 Å². The molecule has 2 aromatic heterocycles. The first-order valence-electron chi connectivity index (χ1n) is 6.46. The molecule has 0 aliphatic carbocycles. The Kier molecular flexibility index (Phi) is 2.30. The lowest BCUT2D eigenvalue weighted by Crippen LogP contribution is -2.24. The normalized spacial score (nSPS) is 13.5. The van der Waals surface area contributed by atoms with Crippen LogP contribution in [0, 0.1) is 0 Å². The lowest BCUT2D eigenvalue weighted by atomic mass is 10.1. The number of anilines is 1. The van der Waals surface area contributed by atoms with E-state index >= 15 is 0 Å². The molecular weight excluding hydrogens is 286 g/mol. The molecule has 0 radical (unpaired) electrons. The predicted octanol–water partition coefficient (Wildman–Crippen LogP) is 1.05. The Balaban J connectivity index is 2.12. The number of pyridine rings is 1. The number of imide groups is 1. The maximum atomic E-state index is 12.4. The van der Waals surface area contributed by atoms with Gasteiger partial charge in [-0.15, -0.1) is 0 Å². The van der Waals surface area contributed by atoms with Gasteiger partial charge in [0.25, 0.3) is 17.4 Å². The first kappa shape index (κ1) is 12.4. The van der Waals surface area contributed by atoms with Crippen molar-refractivity contribution in [2.45, 2.75) is 0 Å². The van der Waals surface area contributed by atoms with Crippen LogP contribution in [0.15, 0.2) is 45.8 Å². The summed E-state index contributed by atoms with van der Waals surface area (Å²) in [5, 5.41) is 2.92. The molecular formula is C15H9N3O4. The third-order valence-electron chi connectivity index (χ3n) is 3.65. The maximum absolute atomic E-state index is 12.4. The van der Waals surface area contributed by atoms with Gasteiger partial charge in [0.15, 0.2) is 5.58 Å². The van der Waals surface area contributed by atoms with Crippen LogP contribution in [0.5, 0.6) is 0 Å². The Bertz CT molecular complexity index is 1030. The van der Waals surface area contributed by atoms with Crippen molar-refractivity contribution in [2.75, 3.05) is 5.73 Å². The first-order chi connectivity index (χ1) is 10.6. The van der Waals surface area contributed by atoms with E-state index in [1.807, 2.05) is 6.07 Å². The molecule has 3 N–H and O–H groups in total. The van der Waals surface area contributed by atoms with Crippen molar-refractivity contribution in [2.24, 2.45) is 0 Å². The number of nitrogen functional groups attached to an aromatic ring is 1. The van der Waals surface area contributed by atoms with Crippen LogP contribution in [0.3, 0.4) is 0 Å². The van der Waals surface area contributed by atoms with Gasteiger partial charge < -0.3 is 10.2 Å². The summed E-state index contributed by atoms with van der Waals surface area (Å²) in [5.74, 6) is -1.32. The quantitative estimate of drug-likeness (QED) is 0.652. The smallest absolute Gasteiger partial charge is 0.262 e. The lowest BCUT2D eigenvalue weighted by Gasteiger charge is -2.12. The fourth-order valence-electron chi connectivity index (χ4n) is 2.68. The molecule has 108 valence electrons. The van der Waals surface area contributed by atoms with Gasteiger partial charge in [-0.1, -0.05) is 12.1 Å². The number of carbonyl (C=O) groups excluding carboxylic acids is 2. The van der Waals surface area contributed by atoms with E-state index in [0.717, 1.165) is 11.5 Å². The minimum absolute atomic E-state index is 0.00429. The predicted molar refractivity (Wildman–Crippen MR) is 78.0 cm³/mol. The summed E-state index contributed by atoms with van der Waals surface area (Å²) in [5.41, 5.74) is 6.37. The lowest BCUT2D eigenvalue weighted by molar-refractivity contribution is 0.0880. The Hall–Kier alpha value is -3.35. The Morgan fingerprint density at radius 2 is 1.91 bits per heavy atom. The molecule has 0 saturated carbocycles. The van der Waals surface area contributed by atoms with Gasteiger partial charge in [-0.2, -0.15) is 0 Å². The number of nitrogens with zero attached hydrogens (tertiary/aromatic N) is 1. The molecule has 1 aliphatic heterocycles. The van der Waals surface area contributed by atoms with E-state index in [2.05, 4.69) is 5.32 Å². The Morgan fingerprint density at radius 1 is 1.09 bits per heavy atom. The van der Waals surface area contributed by atoms with E-state index in [-0.39, 0.29) is 16.9 Å². The SMILES string of the molecule is Nc1c2c(cc(=O)n1-c1cccc3ccoc13)C(=O)NC2=O. The summed E-state index contributed by atoms with van der Waals surface area (Å²) in [6, 6.07) is 8.09. The molecule has 7 nitrogen and oxygen atoms in total. The number of hydrogen-bond acceptors (Lipinski definition) is 5. The van der Waals surface area contributed by atoms with Crippen LogP contribution in [0.4, 0.5) is 5.82 Å². The van der Waals surface area contributed by atoms with Crippen molar-refractivity contribution in [3.05, 3.63) is 58.1 Å².